The first-order chi connectivity index (χ1) is 6.98. The first-order valence-electron chi connectivity index (χ1n) is 4.99. The number of hydrogen-bond donors (Lipinski definition) is 0. The van der Waals surface area contributed by atoms with Crippen molar-refractivity contribution >= 4 is 5.91 Å². The highest BCUT2D eigenvalue weighted by molar-refractivity contribution is 5.82. The largest absolute Gasteiger partial charge is 0.471 e. The van der Waals surface area contributed by atoms with E-state index in [-0.39, 0.29) is 24.9 Å². The molecule has 1 heterocycles. The van der Waals surface area contributed by atoms with Gasteiger partial charge < -0.3 is 4.90 Å². The molecule has 2 aliphatic rings. The van der Waals surface area contributed by atoms with Crippen molar-refractivity contribution in [1.29, 1.82) is 0 Å². The molecule has 1 aliphatic heterocycles. The smallest absolute Gasteiger partial charge is 0.334 e. The Morgan fingerprint density at radius 2 is 1.60 bits per heavy atom. The molecule has 0 saturated carbocycles. The van der Waals surface area contributed by atoms with Crippen LogP contribution in [0.2, 0.25) is 0 Å². The lowest BCUT2D eigenvalue weighted by atomic mass is 9.86. The van der Waals surface area contributed by atoms with E-state index in [9.17, 15) is 18.0 Å². The van der Waals surface area contributed by atoms with Crippen molar-refractivity contribution in [2.45, 2.75) is 19.0 Å². The molecule has 0 spiro atoms. The lowest BCUT2D eigenvalue weighted by molar-refractivity contribution is -0.184. The molecule has 2 rings (SSSR count). The third-order valence-corrected chi connectivity index (χ3v) is 3.15. The monoisotopic (exact) mass is 219 g/mol. The summed E-state index contributed by atoms with van der Waals surface area (Å²) in [5.41, 5.74) is 0. The average molecular weight is 219 g/mol. The number of allylic oxidation sites excluding steroid dienone is 2. The summed E-state index contributed by atoms with van der Waals surface area (Å²) in [6, 6.07) is 0. The molecule has 0 N–H and O–H groups in total. The van der Waals surface area contributed by atoms with E-state index in [1.807, 2.05) is 12.2 Å². The van der Waals surface area contributed by atoms with Crippen molar-refractivity contribution in [3.63, 3.8) is 0 Å². The number of carbonyl (C=O) groups excluding carboxylic acids is 1. The Balaban J connectivity index is 2.02. The summed E-state index contributed by atoms with van der Waals surface area (Å²) < 4.78 is 36.5. The zero-order valence-electron chi connectivity index (χ0n) is 8.13. The lowest BCUT2D eigenvalue weighted by Gasteiger charge is -2.17. The molecule has 2 atom stereocenters. The zero-order valence-corrected chi connectivity index (χ0v) is 8.13. The number of carbonyl (C=O) groups is 1. The molecule has 2 nitrogen and oxygen atoms in total. The van der Waals surface area contributed by atoms with Crippen LogP contribution in [-0.2, 0) is 4.79 Å². The predicted octanol–water partition coefficient (Wildman–Crippen LogP) is 1.97. The summed E-state index contributed by atoms with van der Waals surface area (Å²) in [6.45, 7) is 0.515. The standard InChI is InChI=1S/C10H12F3NO/c11-10(12,13)9(15)14-5-7-3-1-2-4-8(7)6-14/h1-2,7-8H,3-6H2. The van der Waals surface area contributed by atoms with Crippen LogP contribution in [0.4, 0.5) is 13.2 Å². The van der Waals surface area contributed by atoms with Gasteiger partial charge in [-0.25, -0.2) is 0 Å². The van der Waals surface area contributed by atoms with Crippen molar-refractivity contribution in [3.8, 4) is 0 Å². The molecule has 1 saturated heterocycles. The van der Waals surface area contributed by atoms with E-state index in [1.165, 1.54) is 0 Å². The van der Waals surface area contributed by atoms with Crippen LogP contribution in [-0.4, -0.2) is 30.1 Å². The van der Waals surface area contributed by atoms with Gasteiger partial charge in [-0.15, -0.1) is 0 Å². The van der Waals surface area contributed by atoms with Gasteiger partial charge in [0.15, 0.2) is 0 Å². The van der Waals surface area contributed by atoms with Crippen molar-refractivity contribution in [1.82, 2.24) is 4.90 Å². The maximum Gasteiger partial charge on any atom is 0.471 e. The number of rotatable bonds is 0. The SMILES string of the molecule is O=C(N1CC2CC=CCC2C1)C(F)(F)F. The van der Waals surface area contributed by atoms with E-state index in [0.29, 0.717) is 0 Å². The normalized spacial score (nSPS) is 30.5. The summed E-state index contributed by atoms with van der Waals surface area (Å²) in [6.07, 6.45) is 0.852. The molecular weight excluding hydrogens is 207 g/mol. The Labute approximate surface area is 85.7 Å². The summed E-state index contributed by atoms with van der Waals surface area (Å²) in [4.78, 5) is 11.9. The molecule has 0 radical (unpaired) electrons. The van der Waals surface area contributed by atoms with Gasteiger partial charge in [-0.05, 0) is 24.7 Å². The van der Waals surface area contributed by atoms with Crippen LogP contribution in [0.25, 0.3) is 0 Å². The third-order valence-electron chi connectivity index (χ3n) is 3.15. The van der Waals surface area contributed by atoms with Crippen molar-refractivity contribution in [2.75, 3.05) is 13.1 Å². The van der Waals surface area contributed by atoms with E-state index in [4.69, 9.17) is 0 Å². The summed E-state index contributed by atoms with van der Waals surface area (Å²) >= 11 is 0. The Kier molecular flexibility index (Phi) is 2.48. The predicted molar refractivity (Wildman–Crippen MR) is 48.0 cm³/mol. The van der Waals surface area contributed by atoms with Gasteiger partial charge in [0, 0.05) is 13.1 Å². The number of nitrogens with zero attached hydrogens (tertiary/aromatic N) is 1. The molecule has 15 heavy (non-hydrogen) atoms. The van der Waals surface area contributed by atoms with Crippen LogP contribution in [0.3, 0.4) is 0 Å². The molecule has 0 aromatic carbocycles. The zero-order chi connectivity index (χ0) is 11.1. The number of hydrogen-bond acceptors (Lipinski definition) is 1. The molecule has 0 aromatic rings. The summed E-state index contributed by atoms with van der Waals surface area (Å²) in [5, 5.41) is 0. The van der Waals surface area contributed by atoms with Crippen LogP contribution >= 0.6 is 0 Å². The van der Waals surface area contributed by atoms with Crippen molar-refractivity contribution < 1.29 is 18.0 Å². The molecule has 0 bridgehead atoms. The molecule has 1 fully saturated rings. The van der Waals surface area contributed by atoms with Crippen LogP contribution in [0, 0.1) is 11.8 Å². The van der Waals surface area contributed by atoms with Gasteiger partial charge in [-0.3, -0.25) is 4.79 Å². The fourth-order valence-electron chi connectivity index (χ4n) is 2.36. The quantitative estimate of drug-likeness (QED) is 0.570. The molecule has 0 aromatic heterocycles. The van der Waals surface area contributed by atoms with Gasteiger partial charge in [0.2, 0.25) is 0 Å². The van der Waals surface area contributed by atoms with Gasteiger partial charge in [0.05, 0.1) is 0 Å². The Hall–Kier alpha value is -1.00. The van der Waals surface area contributed by atoms with Crippen LogP contribution in [0.1, 0.15) is 12.8 Å². The van der Waals surface area contributed by atoms with Crippen LogP contribution < -0.4 is 0 Å². The summed E-state index contributed by atoms with van der Waals surface area (Å²) in [7, 11) is 0. The van der Waals surface area contributed by atoms with Gasteiger partial charge >= 0.3 is 12.1 Å². The van der Waals surface area contributed by atoms with E-state index < -0.39 is 12.1 Å². The minimum absolute atomic E-state index is 0.223. The Morgan fingerprint density at radius 3 is 2.00 bits per heavy atom. The van der Waals surface area contributed by atoms with Gasteiger partial charge in [-0.2, -0.15) is 13.2 Å². The minimum atomic E-state index is -4.72. The minimum Gasteiger partial charge on any atom is -0.334 e. The number of likely N-dealkylation sites (tertiary alicyclic amines) is 1. The molecular formula is C10H12F3NO. The second-order valence-corrected chi connectivity index (χ2v) is 4.17. The van der Waals surface area contributed by atoms with Crippen LogP contribution in [0.15, 0.2) is 12.2 Å². The highest BCUT2D eigenvalue weighted by atomic mass is 19.4. The fourth-order valence-corrected chi connectivity index (χ4v) is 2.36. The van der Waals surface area contributed by atoms with E-state index in [0.717, 1.165) is 17.7 Å². The highest BCUT2D eigenvalue weighted by Gasteiger charge is 2.46. The Morgan fingerprint density at radius 1 is 1.13 bits per heavy atom. The van der Waals surface area contributed by atoms with Crippen molar-refractivity contribution in [2.24, 2.45) is 11.8 Å². The first kappa shape index (κ1) is 10.5. The van der Waals surface area contributed by atoms with E-state index in [2.05, 4.69) is 0 Å². The molecule has 1 aliphatic carbocycles. The molecule has 84 valence electrons. The van der Waals surface area contributed by atoms with Gasteiger partial charge in [0.25, 0.3) is 0 Å². The second-order valence-electron chi connectivity index (χ2n) is 4.17. The fraction of sp³-hybridized carbons (Fsp3) is 0.700. The highest BCUT2D eigenvalue weighted by Crippen LogP contribution is 2.34. The lowest BCUT2D eigenvalue weighted by Crippen LogP contribution is -2.39. The Bertz CT molecular complexity index is 282. The van der Waals surface area contributed by atoms with Crippen molar-refractivity contribution in [3.05, 3.63) is 12.2 Å². The van der Waals surface area contributed by atoms with Crippen LogP contribution in [0.5, 0.6) is 0 Å². The maximum atomic E-state index is 12.2. The number of halogens is 3. The molecule has 1 amide bonds. The third kappa shape index (κ3) is 2.01. The average Bonchev–Trinajstić information content (AvgIpc) is 2.58. The second kappa shape index (κ2) is 3.54. The maximum absolute atomic E-state index is 12.2. The topological polar surface area (TPSA) is 20.3 Å². The van der Waals surface area contributed by atoms with E-state index >= 15 is 0 Å². The van der Waals surface area contributed by atoms with E-state index in [1.54, 1.807) is 0 Å². The molecule has 5 heteroatoms. The van der Waals surface area contributed by atoms with Gasteiger partial charge in [-0.1, -0.05) is 12.2 Å². The first-order valence-corrected chi connectivity index (χ1v) is 4.99. The van der Waals surface area contributed by atoms with Gasteiger partial charge in [0.1, 0.15) is 0 Å². The number of fused-ring (bicyclic) bond motifs is 1. The number of amides is 1. The molecule has 2 unspecified atom stereocenters. The number of alkyl halides is 3. The summed E-state index contributed by atoms with van der Waals surface area (Å²) in [5.74, 6) is -1.24.